The quantitative estimate of drug-likeness (QED) is 0.743. The number of aromatic amines is 1. The lowest BCUT2D eigenvalue weighted by Crippen LogP contribution is -2.40. The van der Waals surface area contributed by atoms with E-state index in [9.17, 15) is 9.59 Å². The molecule has 0 unspecified atom stereocenters. The van der Waals surface area contributed by atoms with E-state index in [1.807, 2.05) is 0 Å². The van der Waals surface area contributed by atoms with Gasteiger partial charge in [0.05, 0.1) is 0 Å². The van der Waals surface area contributed by atoms with Crippen LogP contribution in [0.25, 0.3) is 0 Å². The molecule has 2 aromatic rings. The Balaban J connectivity index is 0.00000208. The van der Waals surface area contributed by atoms with Gasteiger partial charge < -0.3 is 16.0 Å². The largest absolute Gasteiger partial charge is 0.367 e. The molecular weight excluding hydrogens is 326 g/mol. The van der Waals surface area contributed by atoms with Gasteiger partial charge in [0.15, 0.2) is 5.78 Å². The van der Waals surface area contributed by atoms with E-state index in [1.54, 1.807) is 42.7 Å². The Morgan fingerprint density at radius 3 is 2.17 bits per heavy atom. The SMILES string of the molecule is Cl.NC1CCC(NC(=O)c2ccc(C(=O)c3cc[nH]c3)cc2)CC1. The molecular formula is C18H22ClN3O2. The minimum Gasteiger partial charge on any atom is -0.367 e. The van der Waals surface area contributed by atoms with Crippen LogP contribution in [0.2, 0.25) is 0 Å². The standard InChI is InChI=1S/C18H21N3O2.ClH/c19-15-5-7-16(8-6-15)21-18(23)13-3-1-12(2-4-13)17(22)14-9-10-20-11-14;/h1-4,9-11,15-16,20H,5-8,19H2,(H,21,23);1H. The Hall–Kier alpha value is -2.11. The zero-order valence-corrected chi connectivity index (χ0v) is 14.1. The first-order chi connectivity index (χ1) is 11.1. The highest BCUT2D eigenvalue weighted by Crippen LogP contribution is 2.18. The van der Waals surface area contributed by atoms with Crippen molar-refractivity contribution >= 4 is 24.1 Å². The molecule has 128 valence electrons. The second-order valence-electron chi connectivity index (χ2n) is 6.09. The first-order valence-electron chi connectivity index (χ1n) is 7.97. The first kappa shape index (κ1) is 18.2. The average molecular weight is 348 g/mol. The lowest BCUT2D eigenvalue weighted by atomic mass is 9.91. The summed E-state index contributed by atoms with van der Waals surface area (Å²) in [4.78, 5) is 27.3. The molecule has 0 aliphatic heterocycles. The minimum atomic E-state index is -0.0916. The van der Waals surface area contributed by atoms with Crippen LogP contribution in [0.4, 0.5) is 0 Å². The summed E-state index contributed by atoms with van der Waals surface area (Å²) >= 11 is 0. The van der Waals surface area contributed by atoms with Gasteiger partial charge in [-0.25, -0.2) is 0 Å². The van der Waals surface area contributed by atoms with Crippen molar-refractivity contribution in [3.8, 4) is 0 Å². The van der Waals surface area contributed by atoms with Gasteiger partial charge in [-0.1, -0.05) is 12.1 Å². The van der Waals surface area contributed by atoms with Crippen LogP contribution in [0, 0.1) is 0 Å². The van der Waals surface area contributed by atoms with Crippen LogP contribution in [0.3, 0.4) is 0 Å². The number of nitrogens with one attached hydrogen (secondary N) is 2. The minimum absolute atomic E-state index is 0. The van der Waals surface area contributed by atoms with E-state index in [2.05, 4.69) is 10.3 Å². The number of carbonyl (C=O) groups is 2. The molecule has 1 heterocycles. The summed E-state index contributed by atoms with van der Waals surface area (Å²) in [5.74, 6) is -0.148. The van der Waals surface area contributed by atoms with Crippen molar-refractivity contribution in [2.24, 2.45) is 5.73 Å². The monoisotopic (exact) mass is 347 g/mol. The Morgan fingerprint density at radius 1 is 0.958 bits per heavy atom. The van der Waals surface area contributed by atoms with Crippen LogP contribution < -0.4 is 11.1 Å². The Morgan fingerprint density at radius 2 is 1.58 bits per heavy atom. The zero-order chi connectivity index (χ0) is 16.2. The summed E-state index contributed by atoms with van der Waals surface area (Å²) in [6.07, 6.45) is 7.14. The first-order valence-corrected chi connectivity index (χ1v) is 7.97. The summed E-state index contributed by atoms with van der Waals surface area (Å²) in [6, 6.07) is 8.98. The fraction of sp³-hybridized carbons (Fsp3) is 0.333. The molecule has 1 fully saturated rings. The third kappa shape index (κ3) is 4.24. The zero-order valence-electron chi connectivity index (χ0n) is 13.3. The Bertz CT molecular complexity index is 675. The molecule has 1 amide bonds. The topological polar surface area (TPSA) is 88.0 Å². The van der Waals surface area contributed by atoms with Gasteiger partial charge in [-0.15, -0.1) is 12.4 Å². The molecule has 0 atom stereocenters. The fourth-order valence-corrected chi connectivity index (χ4v) is 2.94. The van der Waals surface area contributed by atoms with Crippen molar-refractivity contribution in [1.29, 1.82) is 0 Å². The highest BCUT2D eigenvalue weighted by atomic mass is 35.5. The van der Waals surface area contributed by atoms with Crippen LogP contribution >= 0.6 is 12.4 Å². The van der Waals surface area contributed by atoms with Gasteiger partial charge in [0.25, 0.3) is 5.91 Å². The number of benzene rings is 1. The van der Waals surface area contributed by atoms with Crippen LogP contribution in [-0.4, -0.2) is 28.8 Å². The molecule has 1 saturated carbocycles. The molecule has 1 aliphatic carbocycles. The molecule has 1 aromatic carbocycles. The highest BCUT2D eigenvalue weighted by molar-refractivity contribution is 6.09. The molecule has 6 heteroatoms. The predicted octanol–water partition coefficient (Wildman–Crippen LogP) is 2.67. The van der Waals surface area contributed by atoms with Gasteiger partial charge in [0.1, 0.15) is 0 Å². The Kier molecular flexibility index (Phi) is 6.17. The predicted molar refractivity (Wildman–Crippen MR) is 95.6 cm³/mol. The number of carbonyl (C=O) groups excluding carboxylic acids is 2. The third-order valence-electron chi connectivity index (χ3n) is 4.38. The molecule has 1 aromatic heterocycles. The van der Waals surface area contributed by atoms with Crippen LogP contribution in [-0.2, 0) is 0 Å². The lowest BCUT2D eigenvalue weighted by Gasteiger charge is -2.26. The van der Waals surface area contributed by atoms with Crippen molar-refractivity contribution in [1.82, 2.24) is 10.3 Å². The van der Waals surface area contributed by atoms with Gasteiger partial charge >= 0.3 is 0 Å². The van der Waals surface area contributed by atoms with Crippen molar-refractivity contribution in [3.63, 3.8) is 0 Å². The molecule has 5 nitrogen and oxygen atoms in total. The van der Waals surface area contributed by atoms with E-state index < -0.39 is 0 Å². The second kappa shape index (κ2) is 8.13. The number of ketones is 1. The number of aromatic nitrogens is 1. The number of halogens is 1. The van der Waals surface area contributed by atoms with Crippen LogP contribution in [0.15, 0.2) is 42.7 Å². The van der Waals surface area contributed by atoms with E-state index in [0.717, 1.165) is 25.7 Å². The summed E-state index contributed by atoms with van der Waals surface area (Å²) in [5.41, 5.74) is 7.64. The Labute approximate surface area is 147 Å². The number of nitrogens with two attached hydrogens (primary N) is 1. The van der Waals surface area contributed by atoms with Gasteiger partial charge in [-0.3, -0.25) is 9.59 Å². The van der Waals surface area contributed by atoms with Crippen LogP contribution in [0.5, 0.6) is 0 Å². The number of hydrogen-bond donors (Lipinski definition) is 3. The maximum Gasteiger partial charge on any atom is 0.251 e. The van der Waals surface area contributed by atoms with E-state index in [1.165, 1.54) is 0 Å². The molecule has 1 aliphatic rings. The maximum atomic E-state index is 12.3. The number of H-pyrrole nitrogens is 1. The van der Waals surface area contributed by atoms with Gasteiger partial charge in [0.2, 0.25) is 0 Å². The summed E-state index contributed by atoms with van der Waals surface area (Å²) in [6.45, 7) is 0. The highest BCUT2D eigenvalue weighted by Gasteiger charge is 2.20. The van der Waals surface area contributed by atoms with Crippen molar-refractivity contribution in [3.05, 3.63) is 59.4 Å². The van der Waals surface area contributed by atoms with Crippen molar-refractivity contribution < 1.29 is 9.59 Å². The molecule has 0 spiro atoms. The van der Waals surface area contributed by atoms with E-state index in [0.29, 0.717) is 16.7 Å². The third-order valence-corrected chi connectivity index (χ3v) is 4.38. The van der Waals surface area contributed by atoms with Gasteiger partial charge in [-0.2, -0.15) is 0 Å². The van der Waals surface area contributed by atoms with Crippen molar-refractivity contribution in [2.75, 3.05) is 0 Å². The number of rotatable bonds is 4. The maximum absolute atomic E-state index is 12.3. The smallest absolute Gasteiger partial charge is 0.251 e. The molecule has 3 rings (SSSR count). The summed E-state index contributed by atoms with van der Waals surface area (Å²) in [7, 11) is 0. The van der Waals surface area contributed by atoms with E-state index >= 15 is 0 Å². The molecule has 0 saturated heterocycles. The normalized spacial score (nSPS) is 20.0. The van der Waals surface area contributed by atoms with Gasteiger partial charge in [0, 0.05) is 41.2 Å². The fourth-order valence-electron chi connectivity index (χ4n) is 2.94. The number of hydrogen-bond acceptors (Lipinski definition) is 3. The van der Waals surface area contributed by atoms with Crippen molar-refractivity contribution in [2.45, 2.75) is 37.8 Å². The summed E-state index contributed by atoms with van der Waals surface area (Å²) < 4.78 is 0. The average Bonchev–Trinajstić information content (AvgIpc) is 3.11. The summed E-state index contributed by atoms with van der Waals surface area (Å²) in [5, 5.41) is 3.05. The van der Waals surface area contributed by atoms with E-state index in [-0.39, 0.29) is 36.2 Å². The lowest BCUT2D eigenvalue weighted by molar-refractivity contribution is 0.0924. The molecule has 24 heavy (non-hydrogen) atoms. The number of amides is 1. The van der Waals surface area contributed by atoms with E-state index in [4.69, 9.17) is 5.73 Å². The van der Waals surface area contributed by atoms with Gasteiger partial charge in [-0.05, 0) is 43.9 Å². The molecule has 0 bridgehead atoms. The second-order valence-corrected chi connectivity index (χ2v) is 6.09. The molecule has 4 N–H and O–H groups in total. The molecule has 0 radical (unpaired) electrons. The van der Waals surface area contributed by atoms with Crippen LogP contribution in [0.1, 0.15) is 52.0 Å².